The first-order valence-corrected chi connectivity index (χ1v) is 3.95. The summed E-state index contributed by atoms with van der Waals surface area (Å²) in [5.74, 6) is 0. The first kappa shape index (κ1) is 7.73. The largest absolute Gasteiger partial charge is 1.00 e. The van der Waals surface area contributed by atoms with E-state index >= 15 is 0 Å². The van der Waals surface area contributed by atoms with Gasteiger partial charge in [-0.2, -0.15) is 0 Å². The number of fused-ring (bicyclic) bond motifs is 1. The Kier molecular flexibility index (Phi) is 1.92. The summed E-state index contributed by atoms with van der Waals surface area (Å²) in [6, 6.07) is 9.64. The number of nitrogens with zero attached hydrogens (tertiary/aromatic N) is 1. The highest BCUT2D eigenvalue weighted by atomic mass is 16.1. The molecular formula is C10H9N2O+. The third kappa shape index (κ3) is 1.49. The predicted octanol–water partition coefficient (Wildman–Crippen LogP) is 1.92. The van der Waals surface area contributed by atoms with E-state index in [9.17, 15) is 4.79 Å². The molecule has 0 aliphatic rings. The third-order valence-electron chi connectivity index (χ3n) is 1.82. The van der Waals surface area contributed by atoms with E-state index in [1.807, 2.05) is 30.3 Å². The second kappa shape index (κ2) is 3.23. The van der Waals surface area contributed by atoms with Crippen molar-refractivity contribution in [2.75, 3.05) is 5.32 Å². The van der Waals surface area contributed by atoms with Crippen LogP contribution in [0.4, 0.5) is 5.69 Å². The zero-order valence-corrected chi connectivity index (χ0v) is 6.90. The van der Waals surface area contributed by atoms with E-state index in [-0.39, 0.29) is 1.43 Å². The van der Waals surface area contributed by atoms with Gasteiger partial charge in [-0.05, 0) is 12.1 Å². The number of aromatic nitrogens is 1. The lowest BCUT2D eigenvalue weighted by atomic mass is 10.2. The second-order valence-corrected chi connectivity index (χ2v) is 2.68. The molecule has 0 fully saturated rings. The van der Waals surface area contributed by atoms with Crippen molar-refractivity contribution in [1.82, 2.24) is 4.98 Å². The number of carbonyl (C=O) groups excluding carboxylic acids is 1. The van der Waals surface area contributed by atoms with Gasteiger partial charge in [0.05, 0.1) is 17.4 Å². The van der Waals surface area contributed by atoms with Gasteiger partial charge in [-0.15, -0.1) is 0 Å². The lowest BCUT2D eigenvalue weighted by Gasteiger charge is -1.99. The number of pyridine rings is 1. The van der Waals surface area contributed by atoms with Crippen LogP contribution in [0.25, 0.3) is 10.9 Å². The number of benzene rings is 1. The maximum absolute atomic E-state index is 10.2. The van der Waals surface area contributed by atoms with E-state index in [1.165, 1.54) is 0 Å². The minimum atomic E-state index is 0. The molecule has 1 aromatic heterocycles. The summed E-state index contributed by atoms with van der Waals surface area (Å²) in [6.45, 7) is 0. The number of hydrogen-bond acceptors (Lipinski definition) is 2. The molecule has 0 aliphatic carbocycles. The number of para-hydroxylation sites is 1. The normalized spacial score (nSPS) is 9.85. The maximum atomic E-state index is 10.2. The van der Waals surface area contributed by atoms with Crippen LogP contribution >= 0.6 is 0 Å². The Hall–Kier alpha value is -1.90. The van der Waals surface area contributed by atoms with E-state index in [2.05, 4.69) is 10.3 Å². The molecule has 2 rings (SSSR count). The molecule has 0 saturated carbocycles. The average Bonchev–Trinajstić information content (AvgIpc) is 2.18. The van der Waals surface area contributed by atoms with Crippen molar-refractivity contribution >= 4 is 23.0 Å². The van der Waals surface area contributed by atoms with E-state index in [0.29, 0.717) is 12.1 Å². The van der Waals surface area contributed by atoms with E-state index in [1.54, 1.807) is 6.20 Å². The summed E-state index contributed by atoms with van der Waals surface area (Å²) < 4.78 is 0. The van der Waals surface area contributed by atoms with Gasteiger partial charge in [0.1, 0.15) is 0 Å². The molecule has 2 aromatic rings. The average molecular weight is 173 g/mol. The van der Waals surface area contributed by atoms with Crippen molar-refractivity contribution in [1.29, 1.82) is 0 Å². The van der Waals surface area contributed by atoms with Gasteiger partial charge in [0.15, 0.2) is 0 Å². The van der Waals surface area contributed by atoms with Crippen molar-refractivity contribution in [3.05, 3.63) is 36.5 Å². The van der Waals surface area contributed by atoms with E-state index < -0.39 is 0 Å². The van der Waals surface area contributed by atoms with Gasteiger partial charge in [-0.3, -0.25) is 9.78 Å². The number of nitrogens with one attached hydrogen (secondary N) is 1. The van der Waals surface area contributed by atoms with Crippen molar-refractivity contribution < 1.29 is 6.22 Å². The zero-order valence-electron chi connectivity index (χ0n) is 7.90. The summed E-state index contributed by atoms with van der Waals surface area (Å²) in [4.78, 5) is 14.3. The summed E-state index contributed by atoms with van der Waals surface area (Å²) in [5.41, 5.74) is 1.65. The minimum absolute atomic E-state index is 0. The van der Waals surface area contributed by atoms with E-state index in [4.69, 9.17) is 0 Å². The molecule has 0 bridgehead atoms. The molecule has 3 nitrogen and oxygen atoms in total. The lowest BCUT2D eigenvalue weighted by molar-refractivity contribution is -0.105. The lowest BCUT2D eigenvalue weighted by Crippen LogP contribution is -1.93. The highest BCUT2D eigenvalue weighted by Crippen LogP contribution is 2.14. The van der Waals surface area contributed by atoms with Gasteiger partial charge in [0.25, 0.3) is 0 Å². The van der Waals surface area contributed by atoms with E-state index in [0.717, 1.165) is 10.9 Å². The summed E-state index contributed by atoms with van der Waals surface area (Å²) >= 11 is 0. The standard InChI is InChI=1S/C10H8N2O/c13-7-12-9-5-8-3-1-2-4-10(8)11-6-9/h1-7H,(H,12,13)/p+1. The molecule has 64 valence electrons. The van der Waals surface area contributed by atoms with Crippen molar-refractivity contribution in [3.8, 4) is 0 Å². The van der Waals surface area contributed by atoms with Crippen LogP contribution < -0.4 is 5.32 Å². The van der Waals surface area contributed by atoms with Gasteiger partial charge < -0.3 is 5.32 Å². The quantitative estimate of drug-likeness (QED) is 0.705. The van der Waals surface area contributed by atoms with Crippen LogP contribution in [-0.2, 0) is 4.79 Å². The Labute approximate surface area is 76.9 Å². The Balaban J connectivity index is 0.000000980. The van der Waals surface area contributed by atoms with Gasteiger partial charge in [-0.1, -0.05) is 18.2 Å². The summed E-state index contributed by atoms with van der Waals surface area (Å²) in [5, 5.41) is 3.58. The monoisotopic (exact) mass is 173 g/mol. The Morgan fingerprint density at radius 3 is 3.08 bits per heavy atom. The van der Waals surface area contributed by atoms with Crippen LogP contribution in [0.15, 0.2) is 36.5 Å². The molecular weight excluding hydrogens is 164 g/mol. The Morgan fingerprint density at radius 1 is 1.38 bits per heavy atom. The Bertz CT molecular complexity index is 445. The van der Waals surface area contributed by atoms with Crippen molar-refractivity contribution in [3.63, 3.8) is 0 Å². The van der Waals surface area contributed by atoms with Gasteiger partial charge in [-0.25, -0.2) is 0 Å². The molecule has 3 heteroatoms. The van der Waals surface area contributed by atoms with Gasteiger partial charge >= 0.3 is 1.43 Å². The van der Waals surface area contributed by atoms with Crippen LogP contribution in [0, 0.1) is 0 Å². The number of rotatable bonds is 2. The maximum Gasteiger partial charge on any atom is 1.00 e. The number of anilines is 1. The van der Waals surface area contributed by atoms with Crippen LogP contribution in [0.3, 0.4) is 0 Å². The molecule has 0 unspecified atom stereocenters. The first-order valence-electron chi connectivity index (χ1n) is 3.95. The number of hydrogen-bond donors (Lipinski definition) is 1. The summed E-state index contributed by atoms with van der Waals surface area (Å²) in [7, 11) is 0. The molecule has 1 amide bonds. The molecule has 13 heavy (non-hydrogen) atoms. The first-order chi connectivity index (χ1) is 6.40. The van der Waals surface area contributed by atoms with Gasteiger partial charge in [0.2, 0.25) is 6.41 Å². The van der Waals surface area contributed by atoms with Crippen LogP contribution in [0.5, 0.6) is 0 Å². The molecule has 1 heterocycles. The minimum Gasteiger partial charge on any atom is -0.327 e. The second-order valence-electron chi connectivity index (χ2n) is 2.68. The number of amides is 1. The predicted molar refractivity (Wildman–Crippen MR) is 52.5 cm³/mol. The number of carbonyl (C=O) groups is 1. The molecule has 1 N–H and O–H groups in total. The van der Waals surface area contributed by atoms with Crippen molar-refractivity contribution in [2.24, 2.45) is 0 Å². The third-order valence-corrected chi connectivity index (χ3v) is 1.82. The fourth-order valence-electron chi connectivity index (χ4n) is 1.22. The topological polar surface area (TPSA) is 42.0 Å². The highest BCUT2D eigenvalue weighted by Gasteiger charge is 1.94. The fourth-order valence-corrected chi connectivity index (χ4v) is 1.22. The SMILES string of the molecule is O=CNc1cnc2ccccc2c1.[H+]. The van der Waals surface area contributed by atoms with Crippen LogP contribution in [-0.4, -0.2) is 11.4 Å². The Morgan fingerprint density at radius 2 is 2.23 bits per heavy atom. The van der Waals surface area contributed by atoms with Gasteiger partial charge in [0, 0.05) is 5.39 Å². The summed E-state index contributed by atoms with van der Waals surface area (Å²) in [6.07, 6.45) is 2.28. The molecule has 0 aliphatic heterocycles. The fraction of sp³-hybridized carbons (Fsp3) is 0. The molecule has 0 saturated heterocycles. The zero-order chi connectivity index (χ0) is 9.10. The smallest absolute Gasteiger partial charge is 0.327 e. The van der Waals surface area contributed by atoms with Crippen LogP contribution in [0.1, 0.15) is 1.43 Å². The molecule has 0 atom stereocenters. The van der Waals surface area contributed by atoms with Crippen LogP contribution in [0.2, 0.25) is 0 Å². The highest BCUT2D eigenvalue weighted by molar-refractivity contribution is 5.84. The molecule has 0 spiro atoms. The molecule has 0 radical (unpaired) electrons. The van der Waals surface area contributed by atoms with Crippen molar-refractivity contribution in [2.45, 2.75) is 0 Å². The molecule has 1 aromatic carbocycles.